The van der Waals surface area contributed by atoms with Crippen LogP contribution >= 0.6 is 22.6 Å². The number of sulfonamides is 1. The van der Waals surface area contributed by atoms with E-state index in [0.29, 0.717) is 31.1 Å². The van der Waals surface area contributed by atoms with Crippen LogP contribution in [-0.2, 0) is 10.0 Å². The van der Waals surface area contributed by atoms with Crippen LogP contribution in [0.15, 0.2) is 47.8 Å². The molecule has 1 aliphatic heterocycles. The molecule has 1 fully saturated rings. The van der Waals surface area contributed by atoms with Gasteiger partial charge in [-0.05, 0) is 52.9 Å². The summed E-state index contributed by atoms with van der Waals surface area (Å²) < 4.78 is 27.8. The first-order valence-corrected chi connectivity index (χ1v) is 9.36. The quantitative estimate of drug-likeness (QED) is 0.693. The Morgan fingerprint density at radius 1 is 1.00 bits per heavy atom. The third kappa shape index (κ3) is 3.23. The molecule has 0 unspecified atom stereocenters. The second kappa shape index (κ2) is 6.47. The summed E-state index contributed by atoms with van der Waals surface area (Å²) in [5.74, 6) is 0.835. The molecule has 0 N–H and O–H groups in total. The van der Waals surface area contributed by atoms with E-state index in [9.17, 15) is 8.42 Å². The van der Waals surface area contributed by atoms with Gasteiger partial charge in [-0.2, -0.15) is 4.31 Å². The highest BCUT2D eigenvalue weighted by Crippen LogP contribution is 2.20. The molecule has 0 bridgehead atoms. The van der Waals surface area contributed by atoms with E-state index in [4.69, 9.17) is 0 Å². The highest BCUT2D eigenvalue weighted by molar-refractivity contribution is 14.1. The largest absolute Gasteiger partial charge is 0.354 e. The molecule has 2 heterocycles. The van der Waals surface area contributed by atoms with Gasteiger partial charge in [-0.1, -0.05) is 0 Å². The third-order valence-corrected chi connectivity index (χ3v) is 6.21. The molecule has 0 amide bonds. The van der Waals surface area contributed by atoms with Crippen molar-refractivity contribution in [3.63, 3.8) is 0 Å². The molecule has 22 heavy (non-hydrogen) atoms. The van der Waals surface area contributed by atoms with Gasteiger partial charge in [0.2, 0.25) is 10.0 Å². The van der Waals surface area contributed by atoms with Gasteiger partial charge in [0.1, 0.15) is 12.1 Å². The average Bonchev–Trinajstić information content (AvgIpc) is 2.56. The minimum atomic E-state index is -3.41. The Morgan fingerprint density at radius 3 is 2.27 bits per heavy atom. The van der Waals surface area contributed by atoms with Crippen LogP contribution < -0.4 is 4.90 Å². The first-order valence-electron chi connectivity index (χ1n) is 6.84. The van der Waals surface area contributed by atoms with Crippen LogP contribution in [0.3, 0.4) is 0 Å². The molecular weight excluding hydrogens is 415 g/mol. The standard InChI is InChI=1S/C14H15IN4O2S/c15-12-1-3-13(4-2-12)22(20,21)19-9-7-18(8-10-19)14-5-6-16-11-17-14/h1-6,11H,7-10H2. The fourth-order valence-corrected chi connectivity index (χ4v) is 4.17. The lowest BCUT2D eigenvalue weighted by Gasteiger charge is -2.34. The zero-order valence-electron chi connectivity index (χ0n) is 11.8. The number of hydrogen-bond donors (Lipinski definition) is 0. The van der Waals surface area contributed by atoms with Gasteiger partial charge in [-0.3, -0.25) is 0 Å². The summed E-state index contributed by atoms with van der Waals surface area (Å²) in [6.45, 7) is 2.16. The monoisotopic (exact) mass is 430 g/mol. The highest BCUT2D eigenvalue weighted by Gasteiger charge is 2.28. The smallest absolute Gasteiger partial charge is 0.243 e. The van der Waals surface area contributed by atoms with Gasteiger partial charge in [0.25, 0.3) is 0 Å². The van der Waals surface area contributed by atoms with Crippen LogP contribution in [0, 0.1) is 3.57 Å². The van der Waals surface area contributed by atoms with Crippen molar-refractivity contribution in [2.45, 2.75) is 4.90 Å². The molecule has 0 atom stereocenters. The zero-order valence-corrected chi connectivity index (χ0v) is 14.7. The summed E-state index contributed by atoms with van der Waals surface area (Å²) in [4.78, 5) is 10.5. The van der Waals surface area contributed by atoms with Crippen LogP contribution in [0.5, 0.6) is 0 Å². The molecule has 3 rings (SSSR count). The molecule has 1 aromatic heterocycles. The van der Waals surface area contributed by atoms with Crippen molar-refractivity contribution in [1.82, 2.24) is 14.3 Å². The summed E-state index contributed by atoms with van der Waals surface area (Å²) in [7, 11) is -3.41. The lowest BCUT2D eigenvalue weighted by molar-refractivity contribution is 0.384. The number of aromatic nitrogens is 2. The molecular formula is C14H15IN4O2S. The van der Waals surface area contributed by atoms with Crippen LogP contribution in [0.1, 0.15) is 0 Å². The van der Waals surface area contributed by atoms with Crippen LogP contribution in [0.2, 0.25) is 0 Å². The summed E-state index contributed by atoms with van der Waals surface area (Å²) in [6.07, 6.45) is 3.20. The van der Waals surface area contributed by atoms with Crippen LogP contribution in [0.25, 0.3) is 0 Å². The number of benzene rings is 1. The first kappa shape index (κ1) is 15.6. The lowest BCUT2D eigenvalue weighted by Crippen LogP contribution is -2.48. The highest BCUT2D eigenvalue weighted by atomic mass is 127. The molecule has 116 valence electrons. The summed E-state index contributed by atoms with van der Waals surface area (Å²) in [5, 5.41) is 0. The molecule has 0 spiro atoms. The van der Waals surface area contributed by atoms with E-state index in [0.717, 1.165) is 9.39 Å². The maximum Gasteiger partial charge on any atom is 0.243 e. The molecule has 0 saturated carbocycles. The number of hydrogen-bond acceptors (Lipinski definition) is 5. The first-order chi connectivity index (χ1) is 10.6. The van der Waals surface area contributed by atoms with Crippen molar-refractivity contribution in [2.24, 2.45) is 0 Å². The zero-order chi connectivity index (χ0) is 15.6. The number of anilines is 1. The fourth-order valence-electron chi connectivity index (χ4n) is 2.38. The van der Waals surface area contributed by atoms with E-state index in [2.05, 4.69) is 37.5 Å². The van der Waals surface area contributed by atoms with Gasteiger partial charge in [0.05, 0.1) is 4.90 Å². The fraction of sp³-hybridized carbons (Fsp3) is 0.286. The summed E-state index contributed by atoms with van der Waals surface area (Å²) in [6, 6.07) is 8.78. The van der Waals surface area contributed by atoms with Gasteiger partial charge in [0, 0.05) is 35.9 Å². The number of rotatable bonds is 3. The average molecular weight is 430 g/mol. The summed E-state index contributed by atoms with van der Waals surface area (Å²) in [5.41, 5.74) is 0. The van der Waals surface area contributed by atoms with Gasteiger partial charge >= 0.3 is 0 Å². The minimum Gasteiger partial charge on any atom is -0.354 e. The van der Waals surface area contributed by atoms with Gasteiger partial charge in [-0.15, -0.1) is 0 Å². The van der Waals surface area contributed by atoms with Crippen molar-refractivity contribution in [2.75, 3.05) is 31.1 Å². The Bertz CT molecular complexity index is 729. The normalized spacial score (nSPS) is 16.7. The van der Waals surface area contributed by atoms with Crippen molar-refractivity contribution in [3.05, 3.63) is 46.4 Å². The molecule has 2 aromatic rings. The topological polar surface area (TPSA) is 66.4 Å². The SMILES string of the molecule is O=S(=O)(c1ccc(I)cc1)N1CCN(c2ccncn2)CC1. The molecule has 1 aliphatic rings. The number of piperazine rings is 1. The Hall–Kier alpha value is -1.26. The minimum absolute atomic E-state index is 0.350. The number of nitrogens with zero attached hydrogens (tertiary/aromatic N) is 4. The van der Waals surface area contributed by atoms with Gasteiger partial charge < -0.3 is 4.90 Å². The predicted molar refractivity (Wildman–Crippen MR) is 92.2 cm³/mol. The molecule has 8 heteroatoms. The van der Waals surface area contributed by atoms with Crippen LogP contribution in [-0.4, -0.2) is 48.9 Å². The summed E-state index contributed by atoms with van der Waals surface area (Å²) >= 11 is 2.16. The Kier molecular flexibility index (Phi) is 4.59. The van der Waals surface area contributed by atoms with Crippen molar-refractivity contribution in [3.8, 4) is 0 Å². The van der Waals surface area contributed by atoms with Crippen LogP contribution in [0.4, 0.5) is 5.82 Å². The van der Waals surface area contributed by atoms with E-state index >= 15 is 0 Å². The van der Waals surface area contributed by atoms with Crippen molar-refractivity contribution < 1.29 is 8.42 Å². The predicted octanol–water partition coefficient (Wildman–Crippen LogP) is 1.59. The molecule has 6 nitrogen and oxygen atoms in total. The van der Waals surface area contributed by atoms with E-state index in [-0.39, 0.29) is 0 Å². The molecule has 0 radical (unpaired) electrons. The van der Waals surface area contributed by atoms with Gasteiger partial charge in [0.15, 0.2) is 0 Å². The van der Waals surface area contributed by atoms with Crippen molar-refractivity contribution in [1.29, 1.82) is 0 Å². The molecule has 1 aromatic carbocycles. The third-order valence-electron chi connectivity index (χ3n) is 3.58. The Morgan fingerprint density at radius 2 is 1.68 bits per heavy atom. The van der Waals surface area contributed by atoms with E-state index in [1.807, 2.05) is 18.2 Å². The second-order valence-electron chi connectivity index (χ2n) is 4.91. The lowest BCUT2D eigenvalue weighted by atomic mass is 10.3. The number of halogens is 1. The molecule has 0 aliphatic carbocycles. The van der Waals surface area contributed by atoms with E-state index < -0.39 is 10.0 Å². The van der Waals surface area contributed by atoms with E-state index in [1.165, 1.54) is 10.6 Å². The maximum absolute atomic E-state index is 12.6. The van der Waals surface area contributed by atoms with Crippen molar-refractivity contribution >= 4 is 38.4 Å². The molecule has 1 saturated heterocycles. The second-order valence-corrected chi connectivity index (χ2v) is 8.10. The van der Waals surface area contributed by atoms with E-state index in [1.54, 1.807) is 18.3 Å². The van der Waals surface area contributed by atoms with Gasteiger partial charge in [-0.25, -0.2) is 18.4 Å². The Balaban J connectivity index is 1.72. The Labute approximate surface area is 143 Å². The maximum atomic E-state index is 12.6.